The van der Waals surface area contributed by atoms with Crippen LogP contribution in [0, 0.1) is 0 Å². The Kier molecular flexibility index (Phi) is 8.04. The molecule has 0 saturated carbocycles. The minimum atomic E-state index is 0.313. The number of ether oxygens (including phenoxy) is 3. The van der Waals surface area contributed by atoms with Gasteiger partial charge >= 0.3 is 0 Å². The highest BCUT2D eigenvalue weighted by molar-refractivity contribution is 6.32. The first kappa shape index (κ1) is 21.8. The number of methoxy groups -OCH3 is 2. The summed E-state index contributed by atoms with van der Waals surface area (Å²) in [7, 11) is 3.32. The third-order valence-electron chi connectivity index (χ3n) is 5.30. The third-order valence-corrected chi connectivity index (χ3v) is 5.58. The molecular weight excluding hydrogens is 388 g/mol. The zero-order valence-corrected chi connectivity index (χ0v) is 18.3. The molecular formula is C23H31ClN2O3. The van der Waals surface area contributed by atoms with E-state index in [-0.39, 0.29) is 0 Å². The van der Waals surface area contributed by atoms with E-state index in [0.29, 0.717) is 35.7 Å². The molecule has 1 unspecified atom stereocenters. The van der Waals surface area contributed by atoms with Crippen LogP contribution in [0.1, 0.15) is 36.9 Å². The average molecular weight is 419 g/mol. The van der Waals surface area contributed by atoms with E-state index >= 15 is 0 Å². The van der Waals surface area contributed by atoms with Crippen LogP contribution in [0.25, 0.3) is 0 Å². The van der Waals surface area contributed by atoms with E-state index in [1.807, 2.05) is 25.1 Å². The smallest absolute Gasteiger partial charge is 0.179 e. The molecule has 2 aromatic carbocycles. The number of nitrogens with zero attached hydrogens (tertiary/aromatic N) is 1. The summed E-state index contributed by atoms with van der Waals surface area (Å²) >= 11 is 6.39. The van der Waals surface area contributed by atoms with E-state index in [2.05, 4.69) is 28.4 Å². The second kappa shape index (κ2) is 10.7. The minimum absolute atomic E-state index is 0.313. The fourth-order valence-electron chi connectivity index (χ4n) is 3.90. The Hall–Kier alpha value is -1.95. The largest absolute Gasteiger partial charge is 0.497 e. The molecule has 2 aromatic rings. The monoisotopic (exact) mass is 418 g/mol. The highest BCUT2D eigenvalue weighted by atomic mass is 35.5. The molecule has 0 amide bonds. The van der Waals surface area contributed by atoms with Crippen molar-refractivity contribution in [3.05, 3.63) is 52.5 Å². The Bertz CT molecular complexity index is 794. The van der Waals surface area contributed by atoms with Gasteiger partial charge in [-0.3, -0.25) is 4.90 Å². The first-order chi connectivity index (χ1) is 14.2. The summed E-state index contributed by atoms with van der Waals surface area (Å²) in [5, 5.41) is 4.18. The molecule has 0 aromatic heterocycles. The Labute approximate surface area is 178 Å². The van der Waals surface area contributed by atoms with Crippen molar-refractivity contribution in [3.63, 3.8) is 0 Å². The van der Waals surface area contributed by atoms with Gasteiger partial charge < -0.3 is 19.5 Å². The molecule has 1 N–H and O–H groups in total. The quantitative estimate of drug-likeness (QED) is 0.606. The van der Waals surface area contributed by atoms with E-state index < -0.39 is 0 Å². The van der Waals surface area contributed by atoms with Crippen LogP contribution in [-0.4, -0.2) is 45.4 Å². The van der Waals surface area contributed by atoms with Gasteiger partial charge in [-0.2, -0.15) is 0 Å². The van der Waals surface area contributed by atoms with Crippen molar-refractivity contribution < 1.29 is 14.2 Å². The lowest BCUT2D eigenvalue weighted by Gasteiger charge is -2.28. The van der Waals surface area contributed by atoms with Gasteiger partial charge in [0, 0.05) is 19.1 Å². The molecule has 0 spiro atoms. The standard InChI is InChI=1S/C23H31ClN2O3/c1-4-29-22-13-17(12-20(24)23(22)28-3)15-25-16-21(26-10-5-6-11-26)18-8-7-9-19(14-18)27-2/h7-9,12-14,21,25H,4-6,10-11,15-16H2,1-3H3. The van der Waals surface area contributed by atoms with Gasteiger partial charge in [0.2, 0.25) is 0 Å². The summed E-state index contributed by atoms with van der Waals surface area (Å²) < 4.78 is 16.5. The number of likely N-dealkylation sites (tertiary alicyclic amines) is 1. The number of nitrogens with one attached hydrogen (secondary N) is 1. The number of rotatable bonds is 10. The number of benzene rings is 2. The number of hydrogen-bond donors (Lipinski definition) is 1. The summed E-state index contributed by atoms with van der Waals surface area (Å²) in [6.45, 7) is 6.33. The maximum Gasteiger partial charge on any atom is 0.179 e. The Morgan fingerprint density at radius 1 is 1.10 bits per heavy atom. The molecule has 0 bridgehead atoms. The van der Waals surface area contributed by atoms with Crippen molar-refractivity contribution in [2.45, 2.75) is 32.4 Å². The van der Waals surface area contributed by atoms with Crippen LogP contribution in [-0.2, 0) is 6.54 Å². The SMILES string of the molecule is CCOc1cc(CNCC(c2cccc(OC)c2)N2CCCC2)cc(Cl)c1OC. The van der Waals surface area contributed by atoms with E-state index in [1.54, 1.807) is 14.2 Å². The molecule has 6 heteroatoms. The Morgan fingerprint density at radius 3 is 2.59 bits per heavy atom. The van der Waals surface area contributed by atoms with Crippen molar-refractivity contribution in [3.8, 4) is 17.2 Å². The molecule has 1 heterocycles. The molecule has 0 radical (unpaired) electrons. The van der Waals surface area contributed by atoms with Gasteiger partial charge in [-0.15, -0.1) is 0 Å². The summed E-state index contributed by atoms with van der Waals surface area (Å²) in [4.78, 5) is 2.55. The van der Waals surface area contributed by atoms with Crippen LogP contribution in [0.2, 0.25) is 5.02 Å². The molecule has 1 aliphatic heterocycles. The van der Waals surface area contributed by atoms with E-state index in [9.17, 15) is 0 Å². The van der Waals surface area contributed by atoms with Crippen LogP contribution in [0.5, 0.6) is 17.2 Å². The van der Waals surface area contributed by atoms with Gasteiger partial charge in [0.1, 0.15) is 5.75 Å². The van der Waals surface area contributed by atoms with E-state index in [4.69, 9.17) is 25.8 Å². The summed E-state index contributed by atoms with van der Waals surface area (Å²) in [6.07, 6.45) is 2.51. The van der Waals surface area contributed by atoms with Crippen molar-refractivity contribution >= 4 is 11.6 Å². The minimum Gasteiger partial charge on any atom is -0.497 e. The third kappa shape index (κ3) is 5.56. The Morgan fingerprint density at radius 2 is 1.90 bits per heavy atom. The van der Waals surface area contributed by atoms with Crippen LogP contribution < -0.4 is 19.5 Å². The number of halogens is 1. The lowest BCUT2D eigenvalue weighted by atomic mass is 10.0. The van der Waals surface area contributed by atoms with Crippen molar-refractivity contribution in [1.82, 2.24) is 10.2 Å². The fourth-order valence-corrected chi connectivity index (χ4v) is 4.21. The lowest BCUT2D eigenvalue weighted by molar-refractivity contribution is 0.237. The maximum atomic E-state index is 6.39. The summed E-state index contributed by atoms with van der Waals surface area (Å²) in [6, 6.07) is 12.6. The van der Waals surface area contributed by atoms with Gasteiger partial charge in [0.15, 0.2) is 11.5 Å². The van der Waals surface area contributed by atoms with Crippen molar-refractivity contribution in [1.29, 1.82) is 0 Å². The van der Waals surface area contributed by atoms with E-state index in [0.717, 1.165) is 30.9 Å². The first-order valence-corrected chi connectivity index (χ1v) is 10.6. The predicted molar refractivity (Wildman–Crippen MR) is 117 cm³/mol. The molecule has 1 aliphatic rings. The van der Waals surface area contributed by atoms with Crippen LogP contribution in [0.15, 0.2) is 36.4 Å². The van der Waals surface area contributed by atoms with Gasteiger partial charge in [-0.25, -0.2) is 0 Å². The maximum absolute atomic E-state index is 6.39. The highest BCUT2D eigenvalue weighted by Crippen LogP contribution is 2.36. The zero-order chi connectivity index (χ0) is 20.6. The fraction of sp³-hybridized carbons (Fsp3) is 0.478. The molecule has 0 aliphatic carbocycles. The highest BCUT2D eigenvalue weighted by Gasteiger charge is 2.23. The molecule has 158 valence electrons. The normalized spacial score (nSPS) is 15.3. The van der Waals surface area contributed by atoms with Crippen LogP contribution in [0.3, 0.4) is 0 Å². The Balaban J connectivity index is 1.71. The average Bonchev–Trinajstić information content (AvgIpc) is 3.26. The van der Waals surface area contributed by atoms with Crippen LogP contribution >= 0.6 is 11.6 Å². The molecule has 1 saturated heterocycles. The van der Waals surface area contributed by atoms with Gasteiger partial charge in [-0.05, 0) is 68.2 Å². The van der Waals surface area contributed by atoms with Crippen LogP contribution in [0.4, 0.5) is 0 Å². The first-order valence-electron chi connectivity index (χ1n) is 10.2. The summed E-state index contributed by atoms with van der Waals surface area (Å²) in [5.74, 6) is 2.17. The van der Waals surface area contributed by atoms with Crippen molar-refractivity contribution in [2.75, 3.05) is 40.5 Å². The van der Waals surface area contributed by atoms with Gasteiger partial charge in [-0.1, -0.05) is 23.7 Å². The molecule has 5 nitrogen and oxygen atoms in total. The molecule has 29 heavy (non-hydrogen) atoms. The van der Waals surface area contributed by atoms with Crippen molar-refractivity contribution in [2.24, 2.45) is 0 Å². The second-order valence-electron chi connectivity index (χ2n) is 7.21. The molecule has 1 fully saturated rings. The van der Waals surface area contributed by atoms with Gasteiger partial charge in [0.05, 0.1) is 25.8 Å². The van der Waals surface area contributed by atoms with E-state index in [1.165, 1.54) is 18.4 Å². The predicted octanol–water partition coefficient (Wildman–Crippen LogP) is 4.68. The molecule has 3 rings (SSSR count). The molecule has 1 atom stereocenters. The second-order valence-corrected chi connectivity index (χ2v) is 7.62. The topological polar surface area (TPSA) is 43.0 Å². The van der Waals surface area contributed by atoms with Gasteiger partial charge in [0.25, 0.3) is 0 Å². The summed E-state index contributed by atoms with van der Waals surface area (Å²) in [5.41, 5.74) is 2.35. The lowest BCUT2D eigenvalue weighted by Crippen LogP contribution is -2.34. The zero-order valence-electron chi connectivity index (χ0n) is 17.5. The number of hydrogen-bond acceptors (Lipinski definition) is 5.